The Bertz CT molecular complexity index is 1080. The van der Waals surface area contributed by atoms with Crippen LogP contribution in [0, 0.1) is 13.8 Å². The van der Waals surface area contributed by atoms with Crippen molar-refractivity contribution in [3.8, 4) is 11.5 Å². The summed E-state index contributed by atoms with van der Waals surface area (Å²) < 4.78 is 18.9. The monoisotopic (exact) mass is 400 g/mol. The first-order chi connectivity index (χ1) is 13.5. The second kappa shape index (κ2) is 8.58. The summed E-state index contributed by atoms with van der Waals surface area (Å²) in [6.07, 6.45) is 0. The number of amides is 1. The fraction of sp³-hybridized carbons (Fsp3) is 0.333. The van der Waals surface area contributed by atoms with Crippen molar-refractivity contribution < 1.29 is 19.0 Å². The lowest BCUT2D eigenvalue weighted by atomic mass is 10.1. The first-order valence-corrected chi connectivity index (χ1v) is 9.70. The van der Waals surface area contributed by atoms with Crippen LogP contribution < -0.4 is 14.3 Å². The Labute approximate surface area is 168 Å². The molecule has 148 valence electrons. The van der Waals surface area contributed by atoms with E-state index in [1.807, 2.05) is 0 Å². The van der Waals surface area contributed by atoms with Crippen molar-refractivity contribution in [1.82, 2.24) is 4.57 Å². The average molecular weight is 401 g/mol. The quantitative estimate of drug-likeness (QED) is 0.633. The first-order valence-electron chi connectivity index (χ1n) is 8.89. The molecule has 0 N–H and O–H groups in total. The van der Waals surface area contributed by atoms with E-state index >= 15 is 0 Å². The molecule has 0 saturated heterocycles. The summed E-state index contributed by atoms with van der Waals surface area (Å²) in [6.45, 7) is 5.30. The molecule has 2 aromatic carbocycles. The number of hydrogen-bond acceptors (Lipinski definition) is 5. The number of carbonyl (C=O) groups is 1. The Morgan fingerprint density at radius 1 is 1.07 bits per heavy atom. The van der Waals surface area contributed by atoms with E-state index in [-0.39, 0.29) is 5.91 Å². The summed E-state index contributed by atoms with van der Waals surface area (Å²) in [6, 6.07) is 9.30. The van der Waals surface area contributed by atoms with E-state index in [2.05, 4.69) is 35.5 Å². The average Bonchev–Trinajstić information content (AvgIpc) is 3.02. The largest absolute Gasteiger partial charge is 0.493 e. The highest BCUT2D eigenvalue weighted by atomic mass is 32.1. The van der Waals surface area contributed by atoms with E-state index < -0.39 is 0 Å². The molecule has 0 saturated carbocycles. The number of thiazole rings is 1. The zero-order chi connectivity index (χ0) is 20.3. The zero-order valence-electron chi connectivity index (χ0n) is 16.7. The smallest absolute Gasteiger partial charge is 0.279 e. The standard InChI is InChI=1S/C21H24N2O4S/c1-13-10-14(2)19-18(11-13)28-21(23(19)8-9-25-3)22-20(24)15-6-7-16(26-4)17(12-15)27-5/h6-7,10-12H,8-9H2,1-5H3. The Hall–Kier alpha value is -2.64. The van der Waals surface area contributed by atoms with Gasteiger partial charge in [-0.1, -0.05) is 17.4 Å². The third-order valence-corrected chi connectivity index (χ3v) is 5.48. The number of aryl methyl sites for hydroxylation is 2. The van der Waals surface area contributed by atoms with Crippen molar-refractivity contribution >= 4 is 27.5 Å². The third-order valence-electron chi connectivity index (χ3n) is 4.46. The summed E-state index contributed by atoms with van der Waals surface area (Å²) in [5, 5.41) is 0. The van der Waals surface area contributed by atoms with Gasteiger partial charge in [-0.25, -0.2) is 0 Å². The number of hydrogen-bond donors (Lipinski definition) is 0. The van der Waals surface area contributed by atoms with Gasteiger partial charge < -0.3 is 18.8 Å². The summed E-state index contributed by atoms with van der Waals surface area (Å²) in [4.78, 5) is 17.9. The van der Waals surface area contributed by atoms with E-state index in [9.17, 15) is 4.79 Å². The van der Waals surface area contributed by atoms with Gasteiger partial charge in [-0.05, 0) is 49.2 Å². The summed E-state index contributed by atoms with van der Waals surface area (Å²) in [5.41, 5.74) is 3.87. The molecule has 6 nitrogen and oxygen atoms in total. The Kier molecular flexibility index (Phi) is 6.16. The number of rotatable bonds is 6. The number of aromatic nitrogens is 1. The topological polar surface area (TPSA) is 62.1 Å². The van der Waals surface area contributed by atoms with Crippen LogP contribution in [0.2, 0.25) is 0 Å². The predicted molar refractivity (Wildman–Crippen MR) is 111 cm³/mol. The normalized spacial score (nSPS) is 11.8. The molecular formula is C21H24N2O4S. The highest BCUT2D eigenvalue weighted by Gasteiger charge is 2.13. The van der Waals surface area contributed by atoms with Crippen LogP contribution in [-0.4, -0.2) is 38.4 Å². The molecule has 0 aliphatic rings. The van der Waals surface area contributed by atoms with Crippen LogP contribution in [0.4, 0.5) is 0 Å². The molecule has 0 fully saturated rings. The summed E-state index contributed by atoms with van der Waals surface area (Å²) in [7, 11) is 4.76. The van der Waals surface area contributed by atoms with Crippen molar-refractivity contribution in [2.24, 2.45) is 4.99 Å². The maximum absolute atomic E-state index is 12.8. The van der Waals surface area contributed by atoms with E-state index in [1.165, 1.54) is 16.9 Å². The van der Waals surface area contributed by atoms with E-state index in [0.29, 0.717) is 35.0 Å². The molecular weight excluding hydrogens is 376 g/mol. The SMILES string of the molecule is COCCn1c(=NC(=O)c2ccc(OC)c(OC)c2)sc2cc(C)cc(C)c21. The van der Waals surface area contributed by atoms with Crippen molar-refractivity contribution in [2.45, 2.75) is 20.4 Å². The van der Waals surface area contributed by atoms with Gasteiger partial charge in [0.25, 0.3) is 5.91 Å². The third kappa shape index (κ3) is 3.95. The van der Waals surface area contributed by atoms with Crippen molar-refractivity contribution in [3.05, 3.63) is 51.8 Å². The van der Waals surface area contributed by atoms with Crippen LogP contribution in [0.25, 0.3) is 10.2 Å². The molecule has 7 heteroatoms. The van der Waals surface area contributed by atoms with Gasteiger partial charge in [0.2, 0.25) is 0 Å². The minimum atomic E-state index is -0.326. The lowest BCUT2D eigenvalue weighted by molar-refractivity contribution is 0.0997. The number of benzene rings is 2. The molecule has 28 heavy (non-hydrogen) atoms. The van der Waals surface area contributed by atoms with E-state index in [1.54, 1.807) is 39.5 Å². The number of fused-ring (bicyclic) bond motifs is 1. The fourth-order valence-electron chi connectivity index (χ4n) is 3.19. The van der Waals surface area contributed by atoms with Gasteiger partial charge in [0.15, 0.2) is 16.3 Å². The van der Waals surface area contributed by atoms with Crippen LogP contribution >= 0.6 is 11.3 Å². The highest BCUT2D eigenvalue weighted by molar-refractivity contribution is 7.16. The van der Waals surface area contributed by atoms with Crippen LogP contribution in [-0.2, 0) is 11.3 Å². The molecule has 0 bridgehead atoms. The molecule has 0 radical (unpaired) electrons. The molecule has 0 unspecified atom stereocenters. The number of methoxy groups -OCH3 is 3. The van der Waals surface area contributed by atoms with Gasteiger partial charge in [-0.2, -0.15) is 4.99 Å². The zero-order valence-corrected chi connectivity index (χ0v) is 17.6. The predicted octanol–water partition coefficient (Wildman–Crippen LogP) is 3.72. The second-order valence-corrected chi connectivity index (χ2v) is 7.45. The van der Waals surface area contributed by atoms with Crippen LogP contribution in [0.15, 0.2) is 35.3 Å². The summed E-state index contributed by atoms with van der Waals surface area (Å²) >= 11 is 1.51. The molecule has 1 amide bonds. The van der Waals surface area contributed by atoms with Crippen molar-refractivity contribution in [3.63, 3.8) is 0 Å². The maximum atomic E-state index is 12.8. The van der Waals surface area contributed by atoms with Gasteiger partial charge in [0, 0.05) is 19.2 Å². The minimum absolute atomic E-state index is 0.326. The molecule has 0 atom stereocenters. The molecule has 0 aliphatic carbocycles. The molecule has 1 aromatic heterocycles. The lowest BCUT2D eigenvalue weighted by Gasteiger charge is -2.08. The minimum Gasteiger partial charge on any atom is -0.493 e. The molecule has 1 heterocycles. The van der Waals surface area contributed by atoms with E-state index in [0.717, 1.165) is 15.8 Å². The van der Waals surface area contributed by atoms with Crippen molar-refractivity contribution in [2.75, 3.05) is 27.9 Å². The first kappa shape index (κ1) is 20.1. The highest BCUT2D eigenvalue weighted by Crippen LogP contribution is 2.28. The van der Waals surface area contributed by atoms with E-state index in [4.69, 9.17) is 14.2 Å². The van der Waals surface area contributed by atoms with Crippen molar-refractivity contribution in [1.29, 1.82) is 0 Å². The number of nitrogens with zero attached hydrogens (tertiary/aromatic N) is 2. The Morgan fingerprint density at radius 2 is 1.82 bits per heavy atom. The van der Waals surface area contributed by atoms with Crippen LogP contribution in [0.5, 0.6) is 11.5 Å². The van der Waals surface area contributed by atoms with Crippen LogP contribution in [0.3, 0.4) is 0 Å². The van der Waals surface area contributed by atoms with Gasteiger partial charge in [0.05, 0.1) is 31.0 Å². The lowest BCUT2D eigenvalue weighted by Crippen LogP contribution is -2.19. The second-order valence-electron chi connectivity index (χ2n) is 6.44. The van der Waals surface area contributed by atoms with Gasteiger partial charge in [0.1, 0.15) is 0 Å². The molecule has 3 aromatic rings. The summed E-state index contributed by atoms with van der Waals surface area (Å²) in [5.74, 6) is 0.744. The van der Waals surface area contributed by atoms with Gasteiger partial charge in [-0.15, -0.1) is 0 Å². The molecule has 3 rings (SSSR count). The molecule has 0 aliphatic heterocycles. The van der Waals surface area contributed by atoms with Gasteiger partial charge >= 0.3 is 0 Å². The van der Waals surface area contributed by atoms with Gasteiger partial charge in [-0.3, -0.25) is 4.79 Å². The Morgan fingerprint density at radius 3 is 2.50 bits per heavy atom. The Balaban J connectivity index is 2.12. The maximum Gasteiger partial charge on any atom is 0.279 e. The van der Waals surface area contributed by atoms with Crippen LogP contribution in [0.1, 0.15) is 21.5 Å². The fourth-order valence-corrected chi connectivity index (χ4v) is 4.42. The molecule has 0 spiro atoms. The number of ether oxygens (including phenoxy) is 3. The number of carbonyl (C=O) groups excluding carboxylic acids is 1.